The van der Waals surface area contributed by atoms with Crippen molar-refractivity contribution in [3.8, 4) is 5.75 Å². The normalized spacial score (nSPS) is 13.3. The van der Waals surface area contributed by atoms with Gasteiger partial charge in [0.05, 0.1) is 29.6 Å². The van der Waals surface area contributed by atoms with Crippen LogP contribution in [0.1, 0.15) is 25.7 Å². The van der Waals surface area contributed by atoms with Gasteiger partial charge in [0.2, 0.25) is 11.8 Å². The molecular formula is C28H29F2N7O4. The molecule has 0 saturated heterocycles. The minimum Gasteiger partial charge on any atom is -0.492 e. The average molecular weight is 566 g/mol. The summed E-state index contributed by atoms with van der Waals surface area (Å²) >= 11 is 0. The maximum atomic E-state index is 13.8. The summed E-state index contributed by atoms with van der Waals surface area (Å²) in [4.78, 5) is 34.9. The number of ether oxygens (including phenoxy) is 1. The van der Waals surface area contributed by atoms with Gasteiger partial charge in [-0.15, -0.1) is 0 Å². The summed E-state index contributed by atoms with van der Waals surface area (Å²) in [6.45, 7) is -0.0640. The number of amides is 2. The molecule has 0 spiro atoms. The van der Waals surface area contributed by atoms with Crippen molar-refractivity contribution in [1.82, 2.24) is 24.6 Å². The maximum Gasteiger partial charge on any atom is 0.248 e. The number of aliphatic hydroxyl groups is 1. The Morgan fingerprint density at radius 1 is 1.15 bits per heavy atom. The van der Waals surface area contributed by atoms with E-state index in [9.17, 15) is 23.5 Å². The van der Waals surface area contributed by atoms with Gasteiger partial charge in [-0.1, -0.05) is 18.9 Å². The van der Waals surface area contributed by atoms with Crippen LogP contribution in [0.25, 0.3) is 10.9 Å². The third kappa shape index (κ3) is 6.74. The van der Waals surface area contributed by atoms with Crippen LogP contribution < -0.4 is 15.4 Å². The van der Waals surface area contributed by atoms with E-state index in [0.717, 1.165) is 37.1 Å². The molecule has 0 atom stereocenters. The molecule has 214 valence electrons. The Kier molecular flexibility index (Phi) is 8.63. The van der Waals surface area contributed by atoms with Crippen molar-refractivity contribution in [2.75, 3.05) is 30.4 Å². The van der Waals surface area contributed by atoms with Crippen LogP contribution in [0.3, 0.4) is 0 Å². The fourth-order valence-corrected chi connectivity index (χ4v) is 4.89. The van der Waals surface area contributed by atoms with E-state index in [-0.39, 0.29) is 30.8 Å². The number of aromatic nitrogens is 4. The molecule has 4 aromatic rings. The number of hydrogen-bond acceptors (Lipinski definition) is 8. The highest BCUT2D eigenvalue weighted by molar-refractivity contribution is 5.92. The van der Waals surface area contributed by atoms with Gasteiger partial charge in [0.1, 0.15) is 37.7 Å². The number of anilines is 3. The number of nitrogens with one attached hydrogen (secondary N) is 2. The molecule has 41 heavy (non-hydrogen) atoms. The number of nitrogens with zero attached hydrogens (tertiary/aromatic N) is 5. The highest BCUT2D eigenvalue weighted by atomic mass is 19.2. The lowest BCUT2D eigenvalue weighted by Crippen LogP contribution is -2.42. The molecule has 1 saturated carbocycles. The van der Waals surface area contributed by atoms with Gasteiger partial charge in [-0.2, -0.15) is 5.10 Å². The van der Waals surface area contributed by atoms with E-state index >= 15 is 0 Å². The first-order valence-electron chi connectivity index (χ1n) is 13.2. The van der Waals surface area contributed by atoms with Crippen LogP contribution in [0.2, 0.25) is 0 Å². The van der Waals surface area contributed by atoms with Gasteiger partial charge in [-0.05, 0) is 37.1 Å². The Labute approximate surface area is 234 Å². The smallest absolute Gasteiger partial charge is 0.248 e. The lowest BCUT2D eigenvalue weighted by Gasteiger charge is -2.28. The number of rotatable bonds is 11. The summed E-state index contributed by atoms with van der Waals surface area (Å²) < 4.78 is 34.5. The fraction of sp³-hybridized carbons (Fsp3) is 0.321. The Hall–Kier alpha value is -4.65. The second-order valence-electron chi connectivity index (χ2n) is 9.63. The van der Waals surface area contributed by atoms with Crippen LogP contribution in [-0.2, 0) is 16.1 Å². The monoisotopic (exact) mass is 565 g/mol. The Morgan fingerprint density at radius 2 is 1.98 bits per heavy atom. The lowest BCUT2D eigenvalue weighted by atomic mass is 10.2. The van der Waals surface area contributed by atoms with Gasteiger partial charge in [0.25, 0.3) is 0 Å². The van der Waals surface area contributed by atoms with E-state index in [0.29, 0.717) is 29.3 Å². The molecule has 2 heterocycles. The standard InChI is InChI=1S/C28H29F2N7O4/c29-22-6-3-7-23(27(22)30)35-25(39)15-36-14-18(13-33-36)34-28-21-9-8-20(12-24(21)31-17-32-28)41-11-10-37(26(40)16-38)19-4-1-2-5-19/h3,6-9,12-14,17,19,38H,1-2,4-5,10-11,15-16H2,(H,35,39)(H,31,32,34). The van der Waals surface area contributed by atoms with Crippen molar-refractivity contribution in [1.29, 1.82) is 0 Å². The van der Waals surface area contributed by atoms with Crippen molar-refractivity contribution >= 4 is 39.9 Å². The summed E-state index contributed by atoms with van der Waals surface area (Å²) in [6.07, 6.45) is 8.53. The van der Waals surface area contributed by atoms with Crippen LogP contribution >= 0.6 is 0 Å². The van der Waals surface area contributed by atoms with Crippen LogP contribution in [0.5, 0.6) is 5.75 Å². The predicted octanol–water partition coefficient (Wildman–Crippen LogP) is 3.63. The molecule has 2 amide bonds. The van der Waals surface area contributed by atoms with Crippen molar-refractivity contribution < 1.29 is 28.2 Å². The van der Waals surface area contributed by atoms with Crippen LogP contribution in [-0.4, -0.2) is 67.4 Å². The molecule has 1 aliphatic carbocycles. The van der Waals surface area contributed by atoms with Crippen LogP contribution in [0, 0.1) is 11.6 Å². The molecule has 0 radical (unpaired) electrons. The van der Waals surface area contributed by atoms with Crippen molar-refractivity contribution in [3.63, 3.8) is 0 Å². The predicted molar refractivity (Wildman–Crippen MR) is 147 cm³/mol. The molecule has 3 N–H and O–H groups in total. The molecule has 13 heteroatoms. The largest absolute Gasteiger partial charge is 0.492 e. The van der Waals surface area contributed by atoms with E-state index in [1.807, 2.05) is 6.07 Å². The summed E-state index contributed by atoms with van der Waals surface area (Å²) in [6, 6.07) is 9.05. The van der Waals surface area contributed by atoms with E-state index < -0.39 is 24.1 Å². The Balaban J connectivity index is 1.19. The molecule has 0 bridgehead atoms. The quantitative estimate of drug-likeness (QED) is 0.251. The van der Waals surface area contributed by atoms with E-state index in [1.165, 1.54) is 29.3 Å². The highest BCUT2D eigenvalue weighted by Gasteiger charge is 2.26. The topological polar surface area (TPSA) is 134 Å². The van der Waals surface area contributed by atoms with Crippen molar-refractivity contribution in [2.24, 2.45) is 0 Å². The van der Waals surface area contributed by atoms with Crippen LogP contribution in [0.15, 0.2) is 55.1 Å². The number of halogens is 2. The van der Waals surface area contributed by atoms with Gasteiger partial charge in [-0.25, -0.2) is 18.7 Å². The minimum absolute atomic E-state index is 0.145. The number of carbonyl (C=O) groups excluding carboxylic acids is 2. The Bertz CT molecular complexity index is 1540. The van der Waals surface area contributed by atoms with E-state index in [2.05, 4.69) is 25.7 Å². The minimum atomic E-state index is -1.13. The summed E-state index contributed by atoms with van der Waals surface area (Å²) in [5.74, 6) is -1.95. The van der Waals surface area contributed by atoms with E-state index in [4.69, 9.17) is 4.74 Å². The summed E-state index contributed by atoms with van der Waals surface area (Å²) in [7, 11) is 0. The van der Waals surface area contributed by atoms with E-state index in [1.54, 1.807) is 23.2 Å². The number of carbonyl (C=O) groups is 2. The molecule has 2 aromatic carbocycles. The number of aliphatic hydroxyl groups excluding tert-OH is 1. The molecule has 0 aliphatic heterocycles. The first kappa shape index (κ1) is 27.9. The lowest BCUT2D eigenvalue weighted by molar-refractivity contribution is -0.136. The van der Waals surface area contributed by atoms with Gasteiger partial charge in [0, 0.05) is 23.7 Å². The average Bonchev–Trinajstić information content (AvgIpc) is 3.66. The van der Waals surface area contributed by atoms with Crippen molar-refractivity contribution in [3.05, 3.63) is 66.8 Å². The Morgan fingerprint density at radius 3 is 2.78 bits per heavy atom. The number of fused-ring (bicyclic) bond motifs is 1. The highest BCUT2D eigenvalue weighted by Crippen LogP contribution is 2.27. The SMILES string of the molecule is O=C(Cn1cc(Nc2ncnc3cc(OCCN(C(=O)CO)C4CCCC4)ccc23)cn1)Nc1cccc(F)c1F. The fourth-order valence-electron chi connectivity index (χ4n) is 4.89. The molecular weight excluding hydrogens is 536 g/mol. The van der Waals surface area contributed by atoms with Gasteiger partial charge in [0.15, 0.2) is 11.6 Å². The number of benzene rings is 2. The second kappa shape index (κ2) is 12.7. The molecule has 11 nitrogen and oxygen atoms in total. The zero-order valence-corrected chi connectivity index (χ0v) is 22.1. The first-order valence-corrected chi connectivity index (χ1v) is 13.2. The van der Waals surface area contributed by atoms with Crippen LogP contribution in [0.4, 0.5) is 26.0 Å². The third-order valence-electron chi connectivity index (χ3n) is 6.86. The molecule has 0 unspecified atom stereocenters. The zero-order valence-electron chi connectivity index (χ0n) is 22.1. The van der Waals surface area contributed by atoms with Gasteiger partial charge in [-0.3, -0.25) is 14.3 Å². The van der Waals surface area contributed by atoms with Gasteiger partial charge >= 0.3 is 0 Å². The van der Waals surface area contributed by atoms with Crippen molar-refractivity contribution in [2.45, 2.75) is 38.3 Å². The summed E-state index contributed by atoms with van der Waals surface area (Å²) in [5, 5.41) is 19.7. The first-order chi connectivity index (χ1) is 19.9. The summed E-state index contributed by atoms with van der Waals surface area (Å²) in [5.41, 5.74) is 0.930. The molecule has 1 aliphatic rings. The maximum absolute atomic E-state index is 13.8. The third-order valence-corrected chi connectivity index (χ3v) is 6.86. The molecule has 5 rings (SSSR count). The molecule has 1 fully saturated rings. The second-order valence-corrected chi connectivity index (χ2v) is 9.63. The number of hydrogen-bond donors (Lipinski definition) is 3. The zero-order chi connectivity index (χ0) is 28.8. The molecule has 2 aromatic heterocycles. The van der Waals surface area contributed by atoms with Gasteiger partial charge < -0.3 is 25.4 Å².